The van der Waals surface area contributed by atoms with Gasteiger partial charge in [-0.05, 0) is 50.9 Å². The summed E-state index contributed by atoms with van der Waals surface area (Å²) in [6.45, 7) is 5.15. The Kier molecular flexibility index (Phi) is 4.06. The lowest BCUT2D eigenvalue weighted by Gasteiger charge is -2.22. The summed E-state index contributed by atoms with van der Waals surface area (Å²) in [5, 5.41) is 0. The number of aromatic amines is 1. The molecule has 2 aromatic heterocycles. The second kappa shape index (κ2) is 6.36. The van der Waals surface area contributed by atoms with Gasteiger partial charge in [-0.25, -0.2) is 14.4 Å². The highest BCUT2D eigenvalue weighted by molar-refractivity contribution is 5.75. The third-order valence-electron chi connectivity index (χ3n) is 4.91. The molecule has 4 rings (SSSR count). The summed E-state index contributed by atoms with van der Waals surface area (Å²) in [7, 11) is 0. The van der Waals surface area contributed by atoms with E-state index in [9.17, 15) is 4.39 Å². The van der Waals surface area contributed by atoms with Crippen LogP contribution in [0.2, 0.25) is 0 Å². The van der Waals surface area contributed by atoms with Crippen molar-refractivity contribution in [3.8, 4) is 0 Å². The van der Waals surface area contributed by atoms with Gasteiger partial charge in [0, 0.05) is 25.5 Å². The van der Waals surface area contributed by atoms with E-state index in [-0.39, 0.29) is 5.82 Å². The monoisotopic (exact) mass is 327 g/mol. The summed E-state index contributed by atoms with van der Waals surface area (Å²) >= 11 is 0. The molecule has 1 atom stereocenters. The van der Waals surface area contributed by atoms with E-state index in [1.165, 1.54) is 18.6 Å². The molecule has 0 saturated carbocycles. The number of halogens is 1. The van der Waals surface area contributed by atoms with Crippen molar-refractivity contribution in [1.82, 2.24) is 24.4 Å². The average Bonchev–Trinajstić information content (AvgIpc) is 3.27. The third-order valence-corrected chi connectivity index (χ3v) is 4.91. The second-order valence-corrected chi connectivity index (χ2v) is 6.50. The number of fused-ring (bicyclic) bond motifs is 1. The molecule has 5 nitrogen and oxygen atoms in total. The number of hydrogen-bond donors (Lipinski definition) is 1. The second-order valence-electron chi connectivity index (χ2n) is 6.50. The van der Waals surface area contributed by atoms with Crippen LogP contribution in [0.25, 0.3) is 11.0 Å². The molecule has 3 aromatic rings. The van der Waals surface area contributed by atoms with Gasteiger partial charge in [-0.3, -0.25) is 4.90 Å². The zero-order valence-corrected chi connectivity index (χ0v) is 13.9. The van der Waals surface area contributed by atoms with Crippen LogP contribution in [0.3, 0.4) is 0 Å². The Morgan fingerprint density at radius 3 is 3.08 bits per heavy atom. The largest absolute Gasteiger partial charge is 0.341 e. The van der Waals surface area contributed by atoms with Gasteiger partial charge in [-0.1, -0.05) is 0 Å². The number of H-pyrrole nitrogens is 1. The molecule has 1 N–H and O–H groups in total. The summed E-state index contributed by atoms with van der Waals surface area (Å²) in [6.07, 6.45) is 7.25. The zero-order valence-electron chi connectivity index (χ0n) is 13.9. The molecule has 0 aliphatic carbocycles. The van der Waals surface area contributed by atoms with Gasteiger partial charge < -0.3 is 9.55 Å². The molecule has 24 heavy (non-hydrogen) atoms. The van der Waals surface area contributed by atoms with Crippen LogP contribution < -0.4 is 0 Å². The van der Waals surface area contributed by atoms with Crippen molar-refractivity contribution >= 4 is 11.0 Å². The molecule has 126 valence electrons. The van der Waals surface area contributed by atoms with Crippen molar-refractivity contribution in [3.05, 3.63) is 48.1 Å². The molecule has 1 fully saturated rings. The molecule has 0 unspecified atom stereocenters. The number of benzene rings is 1. The van der Waals surface area contributed by atoms with Crippen LogP contribution in [0.5, 0.6) is 0 Å². The summed E-state index contributed by atoms with van der Waals surface area (Å²) < 4.78 is 15.6. The van der Waals surface area contributed by atoms with Gasteiger partial charge in [0.1, 0.15) is 17.5 Å². The first-order valence-electron chi connectivity index (χ1n) is 8.57. The lowest BCUT2D eigenvalue weighted by atomic mass is 10.2. The summed E-state index contributed by atoms with van der Waals surface area (Å²) in [5.74, 6) is 1.80. The molecule has 1 aliphatic rings. The first-order valence-corrected chi connectivity index (χ1v) is 8.57. The van der Waals surface area contributed by atoms with Crippen LogP contribution in [-0.2, 0) is 6.54 Å². The number of aryl methyl sites for hydroxylation is 2. The minimum Gasteiger partial charge on any atom is -0.341 e. The van der Waals surface area contributed by atoms with E-state index in [4.69, 9.17) is 0 Å². The van der Waals surface area contributed by atoms with Gasteiger partial charge in [0.25, 0.3) is 0 Å². The van der Waals surface area contributed by atoms with Crippen molar-refractivity contribution in [3.63, 3.8) is 0 Å². The molecular weight excluding hydrogens is 305 g/mol. The average molecular weight is 327 g/mol. The van der Waals surface area contributed by atoms with E-state index >= 15 is 0 Å². The molecule has 3 heterocycles. The van der Waals surface area contributed by atoms with Crippen LogP contribution in [0.15, 0.2) is 30.6 Å². The topological polar surface area (TPSA) is 49.7 Å². The van der Waals surface area contributed by atoms with E-state index in [1.807, 2.05) is 19.3 Å². The van der Waals surface area contributed by atoms with Crippen molar-refractivity contribution in [2.45, 2.75) is 38.8 Å². The Labute approximate surface area is 140 Å². The van der Waals surface area contributed by atoms with E-state index in [0.29, 0.717) is 6.04 Å². The Balaban J connectivity index is 1.44. The summed E-state index contributed by atoms with van der Waals surface area (Å²) in [6, 6.07) is 5.04. The molecule has 0 bridgehead atoms. The van der Waals surface area contributed by atoms with Crippen molar-refractivity contribution in [1.29, 1.82) is 0 Å². The van der Waals surface area contributed by atoms with Crippen LogP contribution in [0.1, 0.15) is 37.0 Å². The molecule has 0 spiro atoms. The lowest BCUT2D eigenvalue weighted by molar-refractivity contribution is 0.242. The van der Waals surface area contributed by atoms with Crippen LogP contribution in [0.4, 0.5) is 4.39 Å². The smallest absolute Gasteiger partial charge is 0.125 e. The highest BCUT2D eigenvalue weighted by Gasteiger charge is 2.28. The lowest BCUT2D eigenvalue weighted by Crippen LogP contribution is -2.26. The van der Waals surface area contributed by atoms with E-state index in [1.54, 1.807) is 6.07 Å². The standard InChI is InChI=1S/C18H22FN5/c1-13-20-7-11-23(13)9-3-10-24-8-2-4-17(24)18-21-15-6-5-14(19)12-16(15)22-18/h5-7,11-12,17H,2-4,8-10H2,1H3,(H,21,22)/t17-/m1/s1. The first-order chi connectivity index (χ1) is 11.7. The summed E-state index contributed by atoms with van der Waals surface area (Å²) in [4.78, 5) is 14.7. The van der Waals surface area contributed by atoms with E-state index in [0.717, 1.165) is 55.2 Å². The zero-order chi connectivity index (χ0) is 16.5. The molecule has 0 radical (unpaired) electrons. The highest BCUT2D eigenvalue weighted by atomic mass is 19.1. The Hall–Kier alpha value is -2.21. The van der Waals surface area contributed by atoms with Gasteiger partial charge >= 0.3 is 0 Å². The fourth-order valence-corrected chi connectivity index (χ4v) is 3.65. The van der Waals surface area contributed by atoms with Gasteiger partial charge in [-0.2, -0.15) is 0 Å². The number of hydrogen-bond acceptors (Lipinski definition) is 3. The van der Waals surface area contributed by atoms with Crippen LogP contribution >= 0.6 is 0 Å². The maximum absolute atomic E-state index is 13.4. The maximum Gasteiger partial charge on any atom is 0.125 e. The SMILES string of the molecule is Cc1nccn1CCCN1CCC[C@@H]1c1nc2ccc(F)cc2[nH]1. The quantitative estimate of drug-likeness (QED) is 0.781. The molecule has 0 amide bonds. The first kappa shape index (κ1) is 15.3. The third kappa shape index (κ3) is 2.94. The fourth-order valence-electron chi connectivity index (χ4n) is 3.65. The number of aromatic nitrogens is 4. The predicted octanol–water partition coefficient (Wildman–Crippen LogP) is 3.43. The number of nitrogens with zero attached hydrogens (tertiary/aromatic N) is 4. The van der Waals surface area contributed by atoms with E-state index in [2.05, 4.69) is 24.4 Å². The minimum atomic E-state index is -0.225. The number of rotatable bonds is 5. The van der Waals surface area contributed by atoms with Crippen molar-refractivity contribution in [2.75, 3.05) is 13.1 Å². The van der Waals surface area contributed by atoms with Gasteiger partial charge in [0.05, 0.1) is 17.1 Å². The van der Waals surface area contributed by atoms with Gasteiger partial charge in [0.15, 0.2) is 0 Å². The van der Waals surface area contributed by atoms with Crippen molar-refractivity contribution in [2.24, 2.45) is 0 Å². The van der Waals surface area contributed by atoms with Crippen molar-refractivity contribution < 1.29 is 4.39 Å². The van der Waals surface area contributed by atoms with E-state index < -0.39 is 0 Å². The normalized spacial score (nSPS) is 18.7. The maximum atomic E-state index is 13.4. The Morgan fingerprint density at radius 2 is 2.25 bits per heavy atom. The van der Waals surface area contributed by atoms with Crippen LogP contribution in [0, 0.1) is 12.7 Å². The molecular formula is C18H22FN5. The summed E-state index contributed by atoms with van der Waals surface area (Å²) in [5.41, 5.74) is 1.62. The Bertz CT molecular complexity index is 837. The predicted molar refractivity (Wildman–Crippen MR) is 91.2 cm³/mol. The Morgan fingerprint density at radius 1 is 1.33 bits per heavy atom. The number of nitrogens with one attached hydrogen (secondary N) is 1. The minimum absolute atomic E-state index is 0.225. The molecule has 1 saturated heterocycles. The number of imidazole rings is 2. The number of likely N-dealkylation sites (tertiary alicyclic amines) is 1. The molecule has 1 aliphatic heterocycles. The molecule has 1 aromatic carbocycles. The highest BCUT2D eigenvalue weighted by Crippen LogP contribution is 2.31. The van der Waals surface area contributed by atoms with Gasteiger partial charge in [-0.15, -0.1) is 0 Å². The van der Waals surface area contributed by atoms with Gasteiger partial charge in [0.2, 0.25) is 0 Å². The fraction of sp³-hybridized carbons (Fsp3) is 0.444. The van der Waals surface area contributed by atoms with Crippen LogP contribution in [-0.4, -0.2) is 37.5 Å². The molecule has 6 heteroatoms.